The highest BCUT2D eigenvalue weighted by Crippen LogP contribution is 2.30. The predicted molar refractivity (Wildman–Crippen MR) is 87.5 cm³/mol. The second-order valence-corrected chi connectivity index (χ2v) is 6.99. The van der Waals surface area contributed by atoms with Gasteiger partial charge in [0.05, 0.1) is 11.7 Å². The monoisotopic (exact) mass is 289 g/mol. The van der Waals surface area contributed by atoms with E-state index in [1.807, 2.05) is 0 Å². The number of likely N-dealkylation sites (N-methyl/N-ethyl adjacent to an activating group) is 1. The van der Waals surface area contributed by atoms with Crippen molar-refractivity contribution in [1.82, 2.24) is 15.1 Å². The van der Waals surface area contributed by atoms with Crippen molar-refractivity contribution in [3.05, 3.63) is 18.0 Å². The van der Waals surface area contributed by atoms with Crippen molar-refractivity contribution in [2.24, 2.45) is 5.92 Å². The second kappa shape index (κ2) is 7.44. The molecule has 1 unspecified atom stereocenters. The van der Waals surface area contributed by atoms with Crippen LogP contribution in [0, 0.1) is 5.92 Å². The third-order valence-electron chi connectivity index (χ3n) is 5.48. The van der Waals surface area contributed by atoms with Crippen molar-refractivity contribution < 1.29 is 0 Å². The van der Waals surface area contributed by atoms with Gasteiger partial charge >= 0.3 is 0 Å². The number of aromatic nitrogens is 2. The van der Waals surface area contributed by atoms with E-state index in [-0.39, 0.29) is 0 Å². The normalized spacial score (nSPS) is 22.7. The maximum Gasteiger partial charge on any atom is 0.0640 e. The van der Waals surface area contributed by atoms with E-state index < -0.39 is 0 Å². The summed E-state index contributed by atoms with van der Waals surface area (Å²) < 4.78 is 2.24. The molecule has 3 heteroatoms. The lowest BCUT2D eigenvalue weighted by molar-refractivity contribution is 0.268. The lowest BCUT2D eigenvalue weighted by Crippen LogP contribution is -2.39. The van der Waals surface area contributed by atoms with Crippen LogP contribution in [0.5, 0.6) is 0 Å². The van der Waals surface area contributed by atoms with Crippen LogP contribution in [0.4, 0.5) is 0 Å². The van der Waals surface area contributed by atoms with Gasteiger partial charge in [-0.15, -0.1) is 0 Å². The number of hydrogen-bond acceptors (Lipinski definition) is 2. The molecule has 2 aliphatic rings. The summed E-state index contributed by atoms with van der Waals surface area (Å²) in [5, 5.41) is 8.62. The Bertz CT molecular complexity index is 414. The third kappa shape index (κ3) is 3.88. The highest BCUT2D eigenvalue weighted by atomic mass is 15.3. The van der Waals surface area contributed by atoms with Crippen LogP contribution >= 0.6 is 0 Å². The average molecular weight is 289 g/mol. The molecule has 3 rings (SSSR count). The van der Waals surface area contributed by atoms with Crippen molar-refractivity contribution in [3.63, 3.8) is 0 Å². The first-order valence-electron chi connectivity index (χ1n) is 9.14. The molecule has 2 aliphatic carbocycles. The molecule has 0 bridgehead atoms. The summed E-state index contributed by atoms with van der Waals surface area (Å²) in [6, 6.07) is 3.55. The van der Waals surface area contributed by atoms with Crippen LogP contribution in [-0.4, -0.2) is 22.4 Å². The molecule has 2 saturated carbocycles. The van der Waals surface area contributed by atoms with Crippen LogP contribution < -0.4 is 5.32 Å². The summed E-state index contributed by atoms with van der Waals surface area (Å²) in [4.78, 5) is 0. The zero-order chi connectivity index (χ0) is 14.5. The molecule has 0 spiro atoms. The van der Waals surface area contributed by atoms with Gasteiger partial charge < -0.3 is 5.32 Å². The fourth-order valence-electron chi connectivity index (χ4n) is 4.29. The molecule has 0 aromatic carbocycles. The lowest BCUT2D eigenvalue weighted by Gasteiger charge is -2.30. The Morgan fingerprint density at radius 1 is 1.14 bits per heavy atom. The van der Waals surface area contributed by atoms with Crippen molar-refractivity contribution in [3.8, 4) is 0 Å². The zero-order valence-corrected chi connectivity index (χ0v) is 13.6. The van der Waals surface area contributed by atoms with Crippen LogP contribution in [0.15, 0.2) is 12.3 Å². The number of hydrogen-bond donors (Lipinski definition) is 1. The number of nitrogens with one attached hydrogen (secondary N) is 1. The van der Waals surface area contributed by atoms with Gasteiger partial charge in [0.2, 0.25) is 0 Å². The highest BCUT2D eigenvalue weighted by Gasteiger charge is 2.24. The largest absolute Gasteiger partial charge is 0.314 e. The van der Waals surface area contributed by atoms with Gasteiger partial charge in [-0.1, -0.05) is 39.0 Å². The van der Waals surface area contributed by atoms with Crippen molar-refractivity contribution in [2.75, 3.05) is 6.54 Å². The molecule has 2 fully saturated rings. The molecule has 0 aliphatic heterocycles. The summed E-state index contributed by atoms with van der Waals surface area (Å²) in [7, 11) is 0. The molecule has 3 nitrogen and oxygen atoms in total. The van der Waals surface area contributed by atoms with Gasteiger partial charge in [0, 0.05) is 18.7 Å². The van der Waals surface area contributed by atoms with Gasteiger partial charge in [0.15, 0.2) is 0 Å². The SMILES string of the molecule is CCNC(Cc1ccn(C2CCCC2)n1)C1CCCCC1. The fraction of sp³-hybridized carbons (Fsp3) is 0.833. The minimum absolute atomic E-state index is 0.627. The Morgan fingerprint density at radius 2 is 1.86 bits per heavy atom. The Labute approximate surface area is 129 Å². The highest BCUT2D eigenvalue weighted by molar-refractivity contribution is 5.04. The molecule has 21 heavy (non-hydrogen) atoms. The number of nitrogens with zero attached hydrogens (tertiary/aromatic N) is 2. The van der Waals surface area contributed by atoms with Crippen LogP contribution in [0.25, 0.3) is 0 Å². The standard InChI is InChI=1S/C18H31N3/c1-2-19-18(15-8-4-3-5-9-15)14-16-12-13-21(20-16)17-10-6-7-11-17/h12-13,15,17-19H,2-11,14H2,1H3. The Morgan fingerprint density at radius 3 is 2.57 bits per heavy atom. The first kappa shape index (κ1) is 15.1. The molecule has 118 valence electrons. The van der Waals surface area contributed by atoms with Crippen molar-refractivity contribution in [2.45, 2.75) is 83.2 Å². The fourth-order valence-corrected chi connectivity index (χ4v) is 4.29. The molecule has 0 radical (unpaired) electrons. The average Bonchev–Trinajstić information content (AvgIpc) is 3.19. The molecule has 1 atom stereocenters. The first-order valence-corrected chi connectivity index (χ1v) is 9.14. The van der Waals surface area contributed by atoms with E-state index in [9.17, 15) is 0 Å². The Balaban J connectivity index is 1.61. The third-order valence-corrected chi connectivity index (χ3v) is 5.48. The summed E-state index contributed by atoms with van der Waals surface area (Å²) in [5.74, 6) is 0.857. The van der Waals surface area contributed by atoms with E-state index in [1.165, 1.54) is 63.5 Å². The quantitative estimate of drug-likeness (QED) is 0.854. The van der Waals surface area contributed by atoms with Gasteiger partial charge in [0.25, 0.3) is 0 Å². The van der Waals surface area contributed by atoms with Crippen LogP contribution in [0.1, 0.15) is 76.4 Å². The second-order valence-electron chi connectivity index (χ2n) is 6.99. The van der Waals surface area contributed by atoms with E-state index >= 15 is 0 Å². The molecule has 1 heterocycles. The Kier molecular flexibility index (Phi) is 5.34. The van der Waals surface area contributed by atoms with Crippen molar-refractivity contribution in [1.29, 1.82) is 0 Å². The topological polar surface area (TPSA) is 29.9 Å². The minimum atomic E-state index is 0.627. The first-order chi connectivity index (χ1) is 10.4. The van der Waals surface area contributed by atoms with Crippen LogP contribution in [0.3, 0.4) is 0 Å². The van der Waals surface area contributed by atoms with Gasteiger partial charge in [0.1, 0.15) is 0 Å². The van der Waals surface area contributed by atoms with Crippen molar-refractivity contribution >= 4 is 0 Å². The summed E-state index contributed by atoms with van der Waals surface area (Å²) in [5.41, 5.74) is 1.29. The van der Waals surface area contributed by atoms with Gasteiger partial charge in [-0.3, -0.25) is 4.68 Å². The summed E-state index contributed by atoms with van der Waals surface area (Å²) in [6.45, 7) is 3.30. The molecule has 1 N–H and O–H groups in total. The van der Waals surface area contributed by atoms with Gasteiger partial charge in [-0.05, 0) is 44.2 Å². The van der Waals surface area contributed by atoms with Gasteiger partial charge in [-0.2, -0.15) is 5.10 Å². The van der Waals surface area contributed by atoms with Gasteiger partial charge in [-0.25, -0.2) is 0 Å². The minimum Gasteiger partial charge on any atom is -0.314 e. The molecule has 0 amide bonds. The van der Waals surface area contributed by atoms with Crippen LogP contribution in [-0.2, 0) is 6.42 Å². The Hall–Kier alpha value is -0.830. The zero-order valence-electron chi connectivity index (χ0n) is 13.6. The summed E-state index contributed by atoms with van der Waals surface area (Å²) in [6.07, 6.45) is 15.8. The maximum atomic E-state index is 4.89. The smallest absolute Gasteiger partial charge is 0.0640 e. The maximum absolute atomic E-state index is 4.89. The van der Waals surface area contributed by atoms with E-state index in [0.717, 1.165) is 18.9 Å². The molecular weight excluding hydrogens is 258 g/mol. The molecule has 1 aromatic heterocycles. The van der Waals surface area contributed by atoms with Crippen LogP contribution in [0.2, 0.25) is 0 Å². The molecular formula is C18H31N3. The summed E-state index contributed by atoms with van der Waals surface area (Å²) >= 11 is 0. The lowest BCUT2D eigenvalue weighted by atomic mass is 9.82. The number of rotatable bonds is 6. The predicted octanol–water partition coefficient (Wildman–Crippen LogP) is 4.10. The van der Waals surface area contributed by atoms with E-state index in [0.29, 0.717) is 12.1 Å². The van der Waals surface area contributed by atoms with E-state index in [2.05, 4.69) is 29.2 Å². The van der Waals surface area contributed by atoms with E-state index in [4.69, 9.17) is 5.10 Å². The molecule has 1 aromatic rings. The molecule has 0 saturated heterocycles. The van der Waals surface area contributed by atoms with E-state index in [1.54, 1.807) is 0 Å².